The highest BCUT2D eigenvalue weighted by Gasteiger charge is 2.17. The van der Waals surface area contributed by atoms with E-state index in [2.05, 4.69) is 10.4 Å². The number of halogens is 3. The molecule has 0 aliphatic carbocycles. The van der Waals surface area contributed by atoms with E-state index in [-0.39, 0.29) is 18.1 Å². The first-order valence-corrected chi connectivity index (χ1v) is 4.71. The van der Waals surface area contributed by atoms with E-state index in [0.29, 0.717) is 5.56 Å². The average Bonchev–Trinajstić information content (AvgIpc) is 2.56. The van der Waals surface area contributed by atoms with Gasteiger partial charge in [-0.3, -0.25) is 9.48 Å². The number of carbonyl (C=O) groups excluding carboxylic acids is 1. The molecule has 4 nitrogen and oxygen atoms in total. The van der Waals surface area contributed by atoms with Crippen LogP contribution in [0.3, 0.4) is 0 Å². The Bertz CT molecular complexity index is 354. The molecule has 1 aromatic heterocycles. The third-order valence-electron chi connectivity index (χ3n) is 1.74. The molecule has 0 bridgehead atoms. The van der Waals surface area contributed by atoms with Crippen LogP contribution in [0.15, 0.2) is 6.20 Å². The molecule has 1 aromatic rings. The van der Waals surface area contributed by atoms with E-state index in [1.807, 2.05) is 0 Å². The first-order valence-electron chi connectivity index (χ1n) is 4.17. The van der Waals surface area contributed by atoms with E-state index in [1.165, 1.54) is 10.9 Å². The van der Waals surface area contributed by atoms with E-state index in [9.17, 15) is 13.6 Å². The van der Waals surface area contributed by atoms with Gasteiger partial charge in [0.25, 0.3) is 6.43 Å². The number of aryl methyl sites for hydroxylation is 1. The molecule has 0 saturated heterocycles. The average molecular weight is 238 g/mol. The van der Waals surface area contributed by atoms with Crippen molar-refractivity contribution in [3.8, 4) is 0 Å². The van der Waals surface area contributed by atoms with Crippen molar-refractivity contribution in [1.82, 2.24) is 15.1 Å². The smallest absolute Gasteiger partial charge is 0.282 e. The van der Waals surface area contributed by atoms with Gasteiger partial charge in [-0.1, -0.05) is 0 Å². The molecule has 7 heteroatoms. The fourth-order valence-corrected chi connectivity index (χ4v) is 1.21. The van der Waals surface area contributed by atoms with Crippen LogP contribution in [-0.4, -0.2) is 21.6 Å². The molecule has 0 aromatic carbocycles. The van der Waals surface area contributed by atoms with Crippen LogP contribution in [0.2, 0.25) is 0 Å². The highest BCUT2D eigenvalue weighted by atomic mass is 35.5. The lowest BCUT2D eigenvalue weighted by atomic mass is 10.2. The Labute approximate surface area is 90.2 Å². The Morgan fingerprint density at radius 3 is 2.93 bits per heavy atom. The van der Waals surface area contributed by atoms with Crippen molar-refractivity contribution in [2.75, 3.05) is 5.88 Å². The van der Waals surface area contributed by atoms with Crippen LogP contribution >= 0.6 is 11.6 Å². The zero-order valence-electron chi connectivity index (χ0n) is 8.01. The van der Waals surface area contributed by atoms with Crippen LogP contribution in [-0.2, 0) is 18.4 Å². The Morgan fingerprint density at radius 2 is 2.40 bits per heavy atom. The lowest BCUT2D eigenvalue weighted by molar-refractivity contribution is -0.118. The summed E-state index contributed by atoms with van der Waals surface area (Å²) in [6.45, 7) is 0.0130. The molecule has 0 atom stereocenters. The summed E-state index contributed by atoms with van der Waals surface area (Å²) in [7, 11) is 1.54. The Kier molecular flexibility index (Phi) is 4.02. The van der Waals surface area contributed by atoms with Gasteiger partial charge in [-0.05, 0) is 0 Å². The van der Waals surface area contributed by atoms with Crippen LogP contribution in [0, 0.1) is 0 Å². The maximum Gasteiger partial charge on any atom is 0.282 e. The monoisotopic (exact) mass is 237 g/mol. The number of hydrogen-bond donors (Lipinski definition) is 1. The summed E-state index contributed by atoms with van der Waals surface area (Å²) in [6.07, 6.45) is -1.20. The molecule has 1 rings (SSSR count). The largest absolute Gasteiger partial charge is 0.351 e. The van der Waals surface area contributed by atoms with Crippen molar-refractivity contribution in [2.24, 2.45) is 7.05 Å². The van der Waals surface area contributed by atoms with Crippen molar-refractivity contribution in [3.05, 3.63) is 17.5 Å². The summed E-state index contributed by atoms with van der Waals surface area (Å²) in [4.78, 5) is 10.8. The second kappa shape index (κ2) is 5.06. The van der Waals surface area contributed by atoms with Gasteiger partial charge in [0.15, 0.2) is 0 Å². The maximum absolute atomic E-state index is 12.4. The minimum absolute atomic E-state index is 0.0130. The highest BCUT2D eigenvalue weighted by molar-refractivity contribution is 6.27. The molecule has 0 radical (unpaired) electrons. The first kappa shape index (κ1) is 11.9. The normalized spacial score (nSPS) is 10.7. The van der Waals surface area contributed by atoms with Crippen molar-refractivity contribution in [1.29, 1.82) is 0 Å². The number of amides is 1. The minimum Gasteiger partial charge on any atom is -0.351 e. The molecule has 15 heavy (non-hydrogen) atoms. The molecule has 0 spiro atoms. The van der Waals surface area contributed by atoms with Gasteiger partial charge in [0.2, 0.25) is 5.91 Å². The van der Waals surface area contributed by atoms with Gasteiger partial charge in [-0.25, -0.2) is 8.78 Å². The molecule has 0 unspecified atom stereocenters. The standard InChI is InChI=1S/C8H10ClF2N3O/c1-14-4-5(3-12-6(15)2-9)7(13-14)8(10)11/h4,8H,2-3H2,1H3,(H,12,15). The first-order chi connectivity index (χ1) is 7.04. The molecule has 1 N–H and O–H groups in total. The van der Waals surface area contributed by atoms with Crippen LogP contribution in [0.25, 0.3) is 0 Å². The van der Waals surface area contributed by atoms with Crippen LogP contribution in [0.5, 0.6) is 0 Å². The number of nitrogens with zero attached hydrogens (tertiary/aromatic N) is 2. The van der Waals surface area contributed by atoms with Crippen molar-refractivity contribution in [3.63, 3.8) is 0 Å². The minimum atomic E-state index is -2.64. The van der Waals surface area contributed by atoms with E-state index in [0.717, 1.165) is 0 Å². The lowest BCUT2D eigenvalue weighted by Crippen LogP contribution is -2.24. The zero-order valence-corrected chi connectivity index (χ0v) is 8.76. The van der Waals surface area contributed by atoms with Gasteiger partial charge in [0.05, 0.1) is 0 Å². The predicted molar refractivity (Wildman–Crippen MR) is 50.7 cm³/mol. The van der Waals surface area contributed by atoms with Crippen LogP contribution < -0.4 is 5.32 Å². The predicted octanol–water partition coefficient (Wildman–Crippen LogP) is 1.21. The molecule has 0 aliphatic rings. The van der Waals surface area contributed by atoms with Crippen molar-refractivity contribution < 1.29 is 13.6 Å². The van der Waals surface area contributed by atoms with Crippen LogP contribution in [0.4, 0.5) is 8.78 Å². The molecule has 0 fully saturated rings. The highest BCUT2D eigenvalue weighted by Crippen LogP contribution is 2.20. The quantitative estimate of drug-likeness (QED) is 0.801. The Balaban J connectivity index is 2.71. The topological polar surface area (TPSA) is 46.9 Å². The molecule has 84 valence electrons. The third-order valence-corrected chi connectivity index (χ3v) is 1.98. The molecular weight excluding hydrogens is 228 g/mol. The summed E-state index contributed by atoms with van der Waals surface area (Å²) in [6, 6.07) is 0. The number of hydrogen-bond acceptors (Lipinski definition) is 2. The van der Waals surface area contributed by atoms with E-state index in [4.69, 9.17) is 11.6 Å². The fourth-order valence-electron chi connectivity index (χ4n) is 1.12. The number of carbonyl (C=O) groups is 1. The number of rotatable bonds is 4. The number of alkyl halides is 3. The molecule has 1 heterocycles. The number of nitrogens with one attached hydrogen (secondary N) is 1. The Hall–Kier alpha value is -1.17. The Morgan fingerprint density at radius 1 is 1.73 bits per heavy atom. The van der Waals surface area contributed by atoms with E-state index >= 15 is 0 Å². The van der Waals surface area contributed by atoms with Gasteiger partial charge in [-0.15, -0.1) is 11.6 Å². The summed E-state index contributed by atoms with van der Waals surface area (Å²) in [5.41, 5.74) is -0.0154. The van der Waals surface area contributed by atoms with Gasteiger partial charge in [-0.2, -0.15) is 5.10 Å². The van der Waals surface area contributed by atoms with Gasteiger partial charge >= 0.3 is 0 Å². The van der Waals surface area contributed by atoms with Gasteiger partial charge in [0, 0.05) is 25.4 Å². The second-order valence-electron chi connectivity index (χ2n) is 2.92. The van der Waals surface area contributed by atoms with Gasteiger partial charge in [0.1, 0.15) is 11.6 Å². The number of aromatic nitrogens is 2. The summed E-state index contributed by atoms with van der Waals surface area (Å²) in [5.74, 6) is -0.592. The van der Waals surface area contributed by atoms with Crippen LogP contribution in [0.1, 0.15) is 17.7 Å². The van der Waals surface area contributed by atoms with E-state index in [1.54, 1.807) is 7.05 Å². The molecule has 0 saturated carbocycles. The maximum atomic E-state index is 12.4. The lowest BCUT2D eigenvalue weighted by Gasteiger charge is -2.02. The molecule has 1 amide bonds. The third kappa shape index (κ3) is 3.16. The fraction of sp³-hybridized carbons (Fsp3) is 0.500. The van der Waals surface area contributed by atoms with Crippen molar-refractivity contribution in [2.45, 2.75) is 13.0 Å². The van der Waals surface area contributed by atoms with Crippen molar-refractivity contribution >= 4 is 17.5 Å². The SMILES string of the molecule is Cn1cc(CNC(=O)CCl)c(C(F)F)n1. The molecular formula is C8H10ClF2N3O. The van der Waals surface area contributed by atoms with Gasteiger partial charge < -0.3 is 5.32 Å². The summed E-state index contributed by atoms with van der Waals surface area (Å²) >= 11 is 5.24. The van der Waals surface area contributed by atoms with E-state index < -0.39 is 12.3 Å². The zero-order chi connectivity index (χ0) is 11.4. The second-order valence-corrected chi connectivity index (χ2v) is 3.19. The summed E-state index contributed by atoms with van der Waals surface area (Å²) in [5, 5.41) is 6.00. The summed E-state index contributed by atoms with van der Waals surface area (Å²) < 4.78 is 26.1. The molecule has 0 aliphatic heterocycles.